The molecule has 1 amide bonds. The molecule has 0 saturated carbocycles. The van der Waals surface area contributed by atoms with E-state index in [1.165, 1.54) is 11.0 Å². The zero-order valence-corrected chi connectivity index (χ0v) is 16.0. The summed E-state index contributed by atoms with van der Waals surface area (Å²) in [6.45, 7) is -0.356. The van der Waals surface area contributed by atoms with Crippen molar-refractivity contribution >= 4 is 28.2 Å². The minimum atomic E-state index is -3.09. The van der Waals surface area contributed by atoms with Crippen LogP contribution < -0.4 is 21.7 Å². The predicted octanol–water partition coefficient (Wildman–Crippen LogP) is 3.03. The highest BCUT2D eigenvalue weighted by Crippen LogP contribution is 2.32. The number of likely N-dealkylation sites (tertiary alicyclic amines) is 1. The Kier molecular flexibility index (Phi) is 5.13. The summed E-state index contributed by atoms with van der Waals surface area (Å²) in [6, 6.07) is 15.2. The summed E-state index contributed by atoms with van der Waals surface area (Å²) in [7, 11) is 0. The summed E-state index contributed by atoms with van der Waals surface area (Å²) >= 11 is 0. The van der Waals surface area contributed by atoms with Crippen molar-refractivity contribution in [3.8, 4) is 5.88 Å². The van der Waals surface area contributed by atoms with Crippen molar-refractivity contribution in [1.82, 2.24) is 9.88 Å². The molecule has 1 saturated heterocycles. The molecule has 4 rings (SSSR count). The Balaban J connectivity index is 1.54. The summed E-state index contributed by atoms with van der Waals surface area (Å²) < 4.78 is 34.6. The van der Waals surface area contributed by atoms with Crippen molar-refractivity contribution in [3.05, 3.63) is 60.2 Å². The molecule has 2 heterocycles. The minimum absolute atomic E-state index is 0.0896. The molecule has 1 unspecified atom stereocenters. The van der Waals surface area contributed by atoms with Crippen LogP contribution in [-0.4, -0.2) is 40.9 Å². The highest BCUT2D eigenvalue weighted by atomic mass is 19.3. The lowest BCUT2D eigenvalue weighted by Crippen LogP contribution is -2.55. The monoisotopic (exact) mass is 413 g/mol. The molecule has 156 valence electrons. The van der Waals surface area contributed by atoms with E-state index in [-0.39, 0.29) is 19.0 Å². The summed E-state index contributed by atoms with van der Waals surface area (Å²) in [5.74, 6) is 1.95. The lowest BCUT2D eigenvalue weighted by molar-refractivity contribution is -0.131. The SMILES string of the molecule is NNc1ccc(C(=O)N2CCC(F)(F)C(Oc3ccc4ccccc4n3)C2)cc1N. The normalized spacial score (nSPS) is 18.2. The van der Waals surface area contributed by atoms with Gasteiger partial charge in [-0.2, -0.15) is 0 Å². The Morgan fingerprint density at radius 2 is 2.00 bits per heavy atom. The molecule has 1 atom stereocenters. The van der Waals surface area contributed by atoms with Gasteiger partial charge in [0.15, 0.2) is 6.10 Å². The Bertz CT molecular complexity index is 1090. The van der Waals surface area contributed by atoms with E-state index in [2.05, 4.69) is 10.4 Å². The largest absolute Gasteiger partial charge is 0.466 e. The number of aromatic nitrogens is 1. The van der Waals surface area contributed by atoms with Crippen LogP contribution in [0.2, 0.25) is 0 Å². The number of hydrazine groups is 1. The number of para-hydroxylation sites is 1. The third kappa shape index (κ3) is 3.84. The topological polar surface area (TPSA) is 106 Å². The van der Waals surface area contributed by atoms with E-state index in [0.717, 1.165) is 5.39 Å². The summed E-state index contributed by atoms with van der Waals surface area (Å²) in [4.78, 5) is 18.5. The fourth-order valence-corrected chi connectivity index (χ4v) is 3.45. The van der Waals surface area contributed by atoms with Crippen LogP contribution in [0.1, 0.15) is 16.8 Å². The lowest BCUT2D eigenvalue weighted by atomic mass is 10.0. The molecule has 0 bridgehead atoms. The van der Waals surface area contributed by atoms with Crippen LogP contribution in [0, 0.1) is 0 Å². The first-order valence-electron chi connectivity index (χ1n) is 9.43. The number of piperidine rings is 1. The van der Waals surface area contributed by atoms with Crippen molar-refractivity contribution in [1.29, 1.82) is 0 Å². The average Bonchev–Trinajstić information content (AvgIpc) is 2.74. The van der Waals surface area contributed by atoms with Gasteiger partial charge in [0.05, 0.1) is 23.4 Å². The number of carbonyl (C=O) groups excluding carboxylic acids is 1. The summed E-state index contributed by atoms with van der Waals surface area (Å²) in [5, 5.41) is 0.880. The van der Waals surface area contributed by atoms with E-state index in [0.29, 0.717) is 22.5 Å². The molecule has 3 aromatic rings. The Hall–Kier alpha value is -3.46. The maximum atomic E-state index is 14.5. The zero-order valence-electron chi connectivity index (χ0n) is 16.0. The fourth-order valence-electron chi connectivity index (χ4n) is 3.45. The van der Waals surface area contributed by atoms with Gasteiger partial charge in [-0.1, -0.05) is 18.2 Å². The van der Waals surface area contributed by atoms with Gasteiger partial charge in [-0.15, -0.1) is 0 Å². The van der Waals surface area contributed by atoms with Crippen molar-refractivity contribution in [2.24, 2.45) is 5.84 Å². The van der Waals surface area contributed by atoms with Crippen molar-refractivity contribution in [2.75, 3.05) is 24.2 Å². The fraction of sp³-hybridized carbons (Fsp3) is 0.238. The number of fused-ring (bicyclic) bond motifs is 1. The molecule has 0 spiro atoms. The molecule has 0 radical (unpaired) electrons. The van der Waals surface area contributed by atoms with Crippen LogP contribution in [0.5, 0.6) is 5.88 Å². The minimum Gasteiger partial charge on any atom is -0.466 e. The number of pyridine rings is 1. The number of nitrogens with one attached hydrogen (secondary N) is 1. The standard InChI is InChI=1S/C21H21F2N5O2/c22-21(23)9-10-28(20(29)14-5-7-17(27-25)15(24)11-14)12-18(21)30-19-8-6-13-3-1-2-4-16(13)26-19/h1-8,11,18,27H,9-10,12,24-25H2. The summed E-state index contributed by atoms with van der Waals surface area (Å²) in [5.41, 5.74) is 9.97. The van der Waals surface area contributed by atoms with Crippen LogP contribution in [0.3, 0.4) is 0 Å². The molecule has 1 aliphatic heterocycles. The highest BCUT2D eigenvalue weighted by Gasteiger charge is 2.47. The number of halogens is 2. The molecule has 1 aromatic heterocycles. The average molecular weight is 413 g/mol. The second-order valence-electron chi connectivity index (χ2n) is 7.16. The molecule has 0 aliphatic carbocycles. The van der Waals surface area contributed by atoms with Crippen LogP contribution in [-0.2, 0) is 0 Å². The Labute approximate surface area is 171 Å². The van der Waals surface area contributed by atoms with Gasteiger partial charge in [0.1, 0.15) is 0 Å². The van der Waals surface area contributed by atoms with E-state index < -0.39 is 24.4 Å². The predicted molar refractivity (Wildman–Crippen MR) is 110 cm³/mol. The second kappa shape index (κ2) is 7.75. The number of ether oxygens (including phenoxy) is 1. The third-order valence-corrected chi connectivity index (χ3v) is 5.15. The maximum absolute atomic E-state index is 14.5. The number of hydrogen-bond donors (Lipinski definition) is 3. The maximum Gasteiger partial charge on any atom is 0.287 e. The Morgan fingerprint density at radius 3 is 2.77 bits per heavy atom. The number of amides is 1. The van der Waals surface area contributed by atoms with Gasteiger partial charge in [0, 0.05) is 30.0 Å². The van der Waals surface area contributed by atoms with Crippen molar-refractivity contribution < 1.29 is 18.3 Å². The van der Waals surface area contributed by atoms with Gasteiger partial charge in [-0.05, 0) is 30.3 Å². The van der Waals surface area contributed by atoms with Crippen molar-refractivity contribution in [2.45, 2.75) is 18.4 Å². The number of alkyl halides is 2. The molecular weight excluding hydrogens is 392 g/mol. The second-order valence-corrected chi connectivity index (χ2v) is 7.16. The quantitative estimate of drug-likeness (QED) is 0.345. The number of nitrogen functional groups attached to an aromatic ring is 2. The van der Waals surface area contributed by atoms with Crippen LogP contribution in [0.15, 0.2) is 54.6 Å². The number of nitrogens with zero attached hydrogens (tertiary/aromatic N) is 2. The van der Waals surface area contributed by atoms with Gasteiger partial charge in [0.2, 0.25) is 5.88 Å². The summed E-state index contributed by atoms with van der Waals surface area (Å²) in [6.07, 6.45) is -2.01. The number of hydrogen-bond acceptors (Lipinski definition) is 6. The van der Waals surface area contributed by atoms with Crippen LogP contribution in [0.4, 0.5) is 20.2 Å². The first-order chi connectivity index (χ1) is 14.4. The van der Waals surface area contributed by atoms with Crippen LogP contribution >= 0.6 is 0 Å². The van der Waals surface area contributed by atoms with E-state index >= 15 is 0 Å². The number of benzene rings is 2. The van der Waals surface area contributed by atoms with E-state index in [1.807, 2.05) is 18.2 Å². The number of anilines is 2. The molecular formula is C21H21F2N5O2. The molecule has 1 aliphatic rings. The first kappa shape index (κ1) is 19.8. The van der Waals surface area contributed by atoms with E-state index in [1.54, 1.807) is 30.3 Å². The van der Waals surface area contributed by atoms with Gasteiger partial charge >= 0.3 is 0 Å². The molecule has 5 N–H and O–H groups in total. The lowest BCUT2D eigenvalue weighted by Gasteiger charge is -2.38. The molecule has 7 nitrogen and oxygen atoms in total. The number of carbonyl (C=O) groups is 1. The molecule has 9 heteroatoms. The zero-order chi connectivity index (χ0) is 21.3. The van der Waals surface area contributed by atoms with Gasteiger partial charge in [0.25, 0.3) is 11.8 Å². The number of nitrogens with two attached hydrogens (primary N) is 2. The van der Waals surface area contributed by atoms with Gasteiger partial charge in [-0.25, -0.2) is 13.8 Å². The first-order valence-corrected chi connectivity index (χ1v) is 9.43. The van der Waals surface area contributed by atoms with E-state index in [9.17, 15) is 13.6 Å². The van der Waals surface area contributed by atoms with Crippen LogP contribution in [0.25, 0.3) is 10.9 Å². The molecule has 30 heavy (non-hydrogen) atoms. The van der Waals surface area contributed by atoms with Crippen molar-refractivity contribution in [3.63, 3.8) is 0 Å². The van der Waals surface area contributed by atoms with Gasteiger partial charge in [-0.3, -0.25) is 10.6 Å². The molecule has 1 fully saturated rings. The molecule has 2 aromatic carbocycles. The smallest absolute Gasteiger partial charge is 0.287 e. The van der Waals surface area contributed by atoms with E-state index in [4.69, 9.17) is 16.3 Å². The third-order valence-electron chi connectivity index (χ3n) is 5.15. The Morgan fingerprint density at radius 1 is 1.20 bits per heavy atom. The highest BCUT2D eigenvalue weighted by molar-refractivity contribution is 5.96. The van der Waals surface area contributed by atoms with Gasteiger partial charge < -0.3 is 20.8 Å². The number of rotatable bonds is 4.